The normalized spacial score (nSPS) is 17.5. The van der Waals surface area contributed by atoms with E-state index in [9.17, 15) is 4.79 Å². The van der Waals surface area contributed by atoms with Gasteiger partial charge in [0.05, 0.1) is 0 Å². The van der Waals surface area contributed by atoms with Gasteiger partial charge in [-0.05, 0) is 39.1 Å². The number of anilines is 1. The number of aliphatic carboxylic acids is 1. The van der Waals surface area contributed by atoms with Crippen LogP contribution in [-0.2, 0) is 4.79 Å². The number of carboxylic acids is 1. The second kappa shape index (κ2) is 6.47. The topological polar surface area (TPSA) is 69.6 Å². The van der Waals surface area contributed by atoms with Crippen LogP contribution in [-0.4, -0.2) is 59.2 Å². The molecule has 0 unspecified atom stereocenters. The molecule has 0 spiro atoms. The van der Waals surface area contributed by atoms with Crippen molar-refractivity contribution in [3.8, 4) is 0 Å². The van der Waals surface area contributed by atoms with Crippen LogP contribution in [0.3, 0.4) is 0 Å². The first-order valence-corrected chi connectivity index (χ1v) is 6.70. The molecule has 108 valence electrons. The van der Waals surface area contributed by atoms with E-state index in [1.807, 2.05) is 7.05 Å². The highest BCUT2D eigenvalue weighted by molar-refractivity contribution is 5.85. The minimum atomic E-state index is -0.975. The van der Waals surface area contributed by atoms with Gasteiger partial charge >= 0.3 is 5.97 Å². The van der Waals surface area contributed by atoms with Gasteiger partial charge in [-0.1, -0.05) is 0 Å². The number of hydrogen-bond donors (Lipinski definition) is 1. The van der Waals surface area contributed by atoms with Crippen LogP contribution in [0.25, 0.3) is 6.08 Å². The molecule has 1 aromatic heterocycles. The Bertz CT molecular complexity index is 478. The maximum atomic E-state index is 10.4. The molecule has 1 N–H and O–H groups in total. The molecule has 0 bridgehead atoms. The van der Waals surface area contributed by atoms with Crippen molar-refractivity contribution < 1.29 is 9.90 Å². The zero-order valence-corrected chi connectivity index (χ0v) is 11.9. The largest absolute Gasteiger partial charge is 0.478 e. The van der Waals surface area contributed by atoms with E-state index in [4.69, 9.17) is 5.11 Å². The van der Waals surface area contributed by atoms with Crippen LogP contribution in [0.15, 0.2) is 18.5 Å². The van der Waals surface area contributed by atoms with Gasteiger partial charge in [0.1, 0.15) is 0 Å². The lowest BCUT2D eigenvalue weighted by Gasteiger charge is -2.35. The summed E-state index contributed by atoms with van der Waals surface area (Å²) in [4.78, 5) is 23.5. The summed E-state index contributed by atoms with van der Waals surface area (Å²) < 4.78 is 0. The number of likely N-dealkylation sites (tertiary alicyclic amines) is 1. The lowest BCUT2D eigenvalue weighted by molar-refractivity contribution is -0.131. The van der Waals surface area contributed by atoms with Gasteiger partial charge in [0.2, 0.25) is 5.95 Å². The first kappa shape index (κ1) is 14.5. The van der Waals surface area contributed by atoms with E-state index in [0.29, 0.717) is 17.6 Å². The second-order valence-electron chi connectivity index (χ2n) is 5.13. The average Bonchev–Trinajstić information content (AvgIpc) is 2.46. The van der Waals surface area contributed by atoms with Gasteiger partial charge in [-0.3, -0.25) is 0 Å². The number of hydrogen-bond acceptors (Lipinski definition) is 5. The van der Waals surface area contributed by atoms with Crippen LogP contribution in [0.1, 0.15) is 18.4 Å². The third kappa shape index (κ3) is 3.77. The SMILES string of the molecule is CN1CCC(N(C)c2ncc(/C=C/C(=O)O)cn2)CC1. The van der Waals surface area contributed by atoms with Crippen molar-refractivity contribution in [2.75, 3.05) is 32.1 Å². The van der Waals surface area contributed by atoms with Gasteiger partial charge in [-0.15, -0.1) is 0 Å². The van der Waals surface area contributed by atoms with Crippen LogP contribution in [0.2, 0.25) is 0 Å². The van der Waals surface area contributed by atoms with Gasteiger partial charge in [-0.25, -0.2) is 14.8 Å². The molecule has 2 rings (SSSR count). The Labute approximate surface area is 118 Å². The minimum Gasteiger partial charge on any atom is -0.478 e. The van der Waals surface area contributed by atoms with Gasteiger partial charge in [-0.2, -0.15) is 0 Å². The summed E-state index contributed by atoms with van der Waals surface area (Å²) in [5.41, 5.74) is 0.688. The van der Waals surface area contributed by atoms with Crippen molar-refractivity contribution in [3.63, 3.8) is 0 Å². The van der Waals surface area contributed by atoms with Crippen LogP contribution < -0.4 is 4.90 Å². The summed E-state index contributed by atoms with van der Waals surface area (Å²) in [6.45, 7) is 2.18. The Hall–Kier alpha value is -1.95. The summed E-state index contributed by atoms with van der Waals surface area (Å²) in [7, 11) is 4.15. The van der Waals surface area contributed by atoms with Crippen molar-refractivity contribution in [1.82, 2.24) is 14.9 Å². The van der Waals surface area contributed by atoms with Crippen LogP contribution in [0.5, 0.6) is 0 Å². The number of piperidine rings is 1. The predicted molar refractivity (Wildman–Crippen MR) is 77.6 cm³/mol. The average molecular weight is 276 g/mol. The molecule has 0 aromatic carbocycles. The van der Waals surface area contributed by atoms with Crippen LogP contribution in [0, 0.1) is 0 Å². The molecule has 0 aliphatic carbocycles. The van der Waals surface area contributed by atoms with E-state index in [0.717, 1.165) is 32.0 Å². The molecule has 1 aromatic rings. The summed E-state index contributed by atoms with van der Waals surface area (Å²) in [5, 5.41) is 8.57. The highest BCUT2D eigenvalue weighted by atomic mass is 16.4. The third-order valence-corrected chi connectivity index (χ3v) is 3.63. The van der Waals surface area contributed by atoms with Gasteiger partial charge < -0.3 is 14.9 Å². The van der Waals surface area contributed by atoms with Gasteiger partial charge in [0, 0.05) is 37.1 Å². The van der Waals surface area contributed by atoms with E-state index in [1.54, 1.807) is 12.4 Å². The summed E-state index contributed by atoms with van der Waals surface area (Å²) in [5.74, 6) is -0.287. The first-order chi connectivity index (χ1) is 9.56. The lowest BCUT2D eigenvalue weighted by Crippen LogP contribution is -2.42. The third-order valence-electron chi connectivity index (χ3n) is 3.63. The summed E-state index contributed by atoms with van der Waals surface area (Å²) in [6, 6.07) is 0.464. The lowest BCUT2D eigenvalue weighted by atomic mass is 10.0. The molecule has 1 saturated heterocycles. The molecule has 0 saturated carbocycles. The van der Waals surface area contributed by atoms with Crippen LogP contribution in [0.4, 0.5) is 5.95 Å². The maximum Gasteiger partial charge on any atom is 0.328 e. The molecule has 1 aliphatic heterocycles. The van der Waals surface area contributed by atoms with Crippen molar-refractivity contribution in [2.24, 2.45) is 0 Å². The molecule has 0 amide bonds. The number of nitrogens with zero attached hydrogens (tertiary/aromatic N) is 4. The van der Waals surface area contributed by atoms with E-state index in [2.05, 4.69) is 26.8 Å². The molecule has 1 aliphatic rings. The van der Waals surface area contributed by atoms with E-state index in [1.165, 1.54) is 6.08 Å². The first-order valence-electron chi connectivity index (χ1n) is 6.70. The fourth-order valence-corrected chi connectivity index (χ4v) is 2.31. The maximum absolute atomic E-state index is 10.4. The molecule has 0 radical (unpaired) electrons. The molecule has 1 fully saturated rings. The molecular formula is C14H20N4O2. The Kier molecular flexibility index (Phi) is 4.68. The fraction of sp³-hybridized carbons (Fsp3) is 0.500. The predicted octanol–water partition coefficient (Wildman–Crippen LogP) is 1.10. The van der Waals surface area contributed by atoms with Crippen LogP contribution >= 0.6 is 0 Å². The standard InChI is InChI=1S/C14H20N4O2/c1-17-7-5-12(6-8-17)18(2)14-15-9-11(10-16-14)3-4-13(19)20/h3-4,9-10,12H,5-8H2,1-2H3,(H,19,20)/b4-3+. The zero-order chi connectivity index (χ0) is 14.5. The Balaban J connectivity index is 2.00. The molecule has 6 nitrogen and oxygen atoms in total. The van der Waals surface area contributed by atoms with E-state index >= 15 is 0 Å². The quantitative estimate of drug-likeness (QED) is 0.831. The van der Waals surface area contributed by atoms with E-state index < -0.39 is 5.97 Å². The number of carboxylic acid groups (broad SMARTS) is 1. The fourth-order valence-electron chi connectivity index (χ4n) is 2.31. The molecule has 6 heteroatoms. The zero-order valence-electron chi connectivity index (χ0n) is 11.9. The number of aromatic nitrogens is 2. The minimum absolute atomic E-state index is 0.464. The monoisotopic (exact) mass is 276 g/mol. The molecule has 20 heavy (non-hydrogen) atoms. The number of rotatable bonds is 4. The van der Waals surface area contributed by atoms with Crippen molar-refractivity contribution >= 4 is 18.0 Å². The smallest absolute Gasteiger partial charge is 0.328 e. The van der Waals surface area contributed by atoms with Gasteiger partial charge in [0.25, 0.3) is 0 Å². The van der Waals surface area contributed by atoms with Crippen molar-refractivity contribution in [2.45, 2.75) is 18.9 Å². The van der Waals surface area contributed by atoms with E-state index in [-0.39, 0.29) is 0 Å². The molecular weight excluding hydrogens is 256 g/mol. The Morgan fingerprint density at radius 3 is 2.55 bits per heavy atom. The number of carbonyl (C=O) groups is 1. The van der Waals surface area contributed by atoms with Crippen molar-refractivity contribution in [3.05, 3.63) is 24.0 Å². The van der Waals surface area contributed by atoms with Crippen molar-refractivity contribution in [1.29, 1.82) is 0 Å². The highest BCUT2D eigenvalue weighted by Crippen LogP contribution is 2.18. The van der Waals surface area contributed by atoms with Gasteiger partial charge in [0.15, 0.2) is 0 Å². The Morgan fingerprint density at radius 1 is 1.40 bits per heavy atom. The molecule has 0 atom stereocenters. The highest BCUT2D eigenvalue weighted by Gasteiger charge is 2.21. The summed E-state index contributed by atoms with van der Waals surface area (Å²) in [6.07, 6.45) is 8.08. The second-order valence-corrected chi connectivity index (χ2v) is 5.13. The molecule has 2 heterocycles. The summed E-state index contributed by atoms with van der Waals surface area (Å²) >= 11 is 0. The Morgan fingerprint density at radius 2 is 2.00 bits per heavy atom.